The van der Waals surface area contributed by atoms with Gasteiger partial charge < -0.3 is 0 Å². The third-order valence-corrected chi connectivity index (χ3v) is 6.82. The summed E-state index contributed by atoms with van der Waals surface area (Å²) in [5, 5.41) is 0.223. The van der Waals surface area contributed by atoms with Crippen LogP contribution in [0.2, 0.25) is 15.1 Å². The van der Waals surface area contributed by atoms with E-state index in [2.05, 4.69) is 9.71 Å². The Morgan fingerprint density at radius 2 is 1.71 bits per heavy atom. The summed E-state index contributed by atoms with van der Waals surface area (Å²) in [6.45, 7) is 0. The molecule has 0 atom stereocenters. The smallest absolute Gasteiger partial charge is 0.276 e. The fourth-order valence-corrected chi connectivity index (χ4v) is 4.93. The summed E-state index contributed by atoms with van der Waals surface area (Å²) in [5.74, 6) is -0.739. The lowest BCUT2D eigenvalue weighted by molar-refractivity contribution is 0.599. The van der Waals surface area contributed by atoms with E-state index in [1.165, 1.54) is 28.6 Å². The molecule has 0 aliphatic heterocycles. The Morgan fingerprint density at radius 1 is 1.03 bits per heavy atom. The third kappa shape index (κ3) is 3.78. The normalized spacial score (nSPS) is 11.8. The van der Waals surface area contributed by atoms with Crippen molar-refractivity contribution in [3.05, 3.63) is 80.0 Å². The van der Waals surface area contributed by atoms with Crippen molar-refractivity contribution in [2.75, 3.05) is 4.72 Å². The van der Waals surface area contributed by atoms with Crippen LogP contribution in [-0.2, 0) is 17.1 Å². The van der Waals surface area contributed by atoms with E-state index < -0.39 is 21.4 Å². The van der Waals surface area contributed by atoms with Crippen LogP contribution in [0.3, 0.4) is 0 Å². The zero-order valence-electron chi connectivity index (χ0n) is 15.6. The Labute approximate surface area is 190 Å². The maximum atomic E-state index is 13.4. The van der Waals surface area contributed by atoms with Gasteiger partial charge in [-0.1, -0.05) is 40.9 Å². The van der Waals surface area contributed by atoms with Gasteiger partial charge in [-0.05, 0) is 30.3 Å². The minimum Gasteiger partial charge on any atom is -0.276 e. The Morgan fingerprint density at radius 3 is 2.35 bits per heavy atom. The lowest BCUT2D eigenvalue weighted by atomic mass is 10.1. The Balaban J connectivity index is 1.82. The van der Waals surface area contributed by atoms with Crippen molar-refractivity contribution in [1.82, 2.24) is 14.2 Å². The van der Waals surface area contributed by atoms with Crippen LogP contribution >= 0.6 is 34.8 Å². The van der Waals surface area contributed by atoms with Gasteiger partial charge in [-0.3, -0.25) is 9.52 Å². The molecule has 0 bridgehead atoms. The molecule has 2 aromatic carbocycles. The van der Waals surface area contributed by atoms with Gasteiger partial charge in [-0.2, -0.15) is 0 Å². The number of halogens is 4. The molecule has 0 amide bonds. The molecule has 4 rings (SSSR count). The van der Waals surface area contributed by atoms with Crippen LogP contribution < -0.4 is 10.3 Å². The molecule has 12 heteroatoms. The Bertz CT molecular complexity index is 1500. The lowest BCUT2D eigenvalue weighted by Gasteiger charge is -2.10. The summed E-state index contributed by atoms with van der Waals surface area (Å²) in [6.07, 6.45) is 2.62. The van der Waals surface area contributed by atoms with Crippen LogP contribution in [0, 0.1) is 5.82 Å². The molecule has 0 aliphatic carbocycles. The summed E-state index contributed by atoms with van der Waals surface area (Å²) >= 11 is 18.2. The summed E-state index contributed by atoms with van der Waals surface area (Å²) in [5.41, 5.74) is 0.381. The minimum atomic E-state index is -4.09. The zero-order chi connectivity index (χ0) is 22.5. The standard InChI is InChI=1S/C19H12Cl3FN4O3S/c1-26-19(28)17(16-12(20)3-2-4-13(16)21)18-24-8-10(9-27(18)26)25-31(29,30)11-5-6-15(23)14(22)7-11/h2-9,25H,1H3. The van der Waals surface area contributed by atoms with Gasteiger partial charge in [0.15, 0.2) is 5.65 Å². The predicted molar refractivity (Wildman–Crippen MR) is 118 cm³/mol. The molecule has 1 N–H and O–H groups in total. The van der Waals surface area contributed by atoms with Crippen molar-refractivity contribution >= 4 is 56.2 Å². The topological polar surface area (TPSA) is 85.5 Å². The maximum Gasteiger partial charge on any atom is 0.277 e. The molecule has 4 aromatic rings. The maximum absolute atomic E-state index is 13.4. The summed E-state index contributed by atoms with van der Waals surface area (Å²) < 4.78 is 43.6. The molecule has 31 heavy (non-hydrogen) atoms. The van der Waals surface area contributed by atoms with Crippen LogP contribution in [0.15, 0.2) is 58.5 Å². The molecule has 2 heterocycles. The Kier molecular flexibility index (Phi) is 5.47. The number of aromatic nitrogens is 3. The van der Waals surface area contributed by atoms with E-state index in [4.69, 9.17) is 34.8 Å². The van der Waals surface area contributed by atoms with E-state index >= 15 is 0 Å². The molecular weight excluding hydrogens is 490 g/mol. The van der Waals surface area contributed by atoms with Gasteiger partial charge >= 0.3 is 0 Å². The lowest BCUT2D eigenvalue weighted by Crippen LogP contribution is -2.17. The van der Waals surface area contributed by atoms with Crippen LogP contribution in [0.4, 0.5) is 10.1 Å². The second-order valence-electron chi connectivity index (χ2n) is 6.49. The van der Waals surface area contributed by atoms with Crippen molar-refractivity contribution in [1.29, 1.82) is 0 Å². The van der Waals surface area contributed by atoms with Gasteiger partial charge in [0.2, 0.25) is 0 Å². The first-order valence-corrected chi connectivity index (χ1v) is 11.2. The summed E-state index contributed by atoms with van der Waals surface area (Å²) in [7, 11) is -2.60. The number of anilines is 1. The van der Waals surface area contributed by atoms with Crippen LogP contribution in [0.25, 0.3) is 16.8 Å². The highest BCUT2D eigenvalue weighted by Gasteiger charge is 2.22. The van der Waals surface area contributed by atoms with Crippen LogP contribution in [0.5, 0.6) is 0 Å². The predicted octanol–water partition coefficient (Wildman–Crippen LogP) is 4.60. The van der Waals surface area contributed by atoms with Gasteiger partial charge in [0, 0.05) is 12.6 Å². The number of rotatable bonds is 4. The fraction of sp³-hybridized carbons (Fsp3) is 0.0526. The second-order valence-corrected chi connectivity index (χ2v) is 9.40. The van der Waals surface area contributed by atoms with Gasteiger partial charge in [0.1, 0.15) is 5.82 Å². The zero-order valence-corrected chi connectivity index (χ0v) is 18.7. The molecule has 0 saturated heterocycles. The van der Waals surface area contributed by atoms with E-state index in [0.717, 1.165) is 18.2 Å². The highest BCUT2D eigenvalue weighted by molar-refractivity contribution is 7.92. The molecule has 0 spiro atoms. The molecular formula is C19H12Cl3FN4O3S. The van der Waals surface area contributed by atoms with Gasteiger partial charge in [0.05, 0.1) is 43.6 Å². The van der Waals surface area contributed by atoms with Crippen molar-refractivity contribution in [2.24, 2.45) is 7.05 Å². The van der Waals surface area contributed by atoms with E-state index in [1.807, 2.05) is 0 Å². The van der Waals surface area contributed by atoms with Gasteiger partial charge in [-0.15, -0.1) is 0 Å². The van der Waals surface area contributed by atoms with Crippen molar-refractivity contribution < 1.29 is 12.8 Å². The summed E-state index contributed by atoms with van der Waals surface area (Å²) in [4.78, 5) is 16.9. The quantitative estimate of drug-likeness (QED) is 0.443. The first kappa shape index (κ1) is 21.6. The SMILES string of the molecule is Cn1c(=O)c(-c2c(Cl)cccc2Cl)c2ncc(NS(=O)(=O)c3ccc(F)c(Cl)c3)cn21. The first-order valence-electron chi connectivity index (χ1n) is 8.60. The Hall–Kier alpha value is -2.59. The largest absolute Gasteiger partial charge is 0.277 e. The number of nitrogens with zero attached hydrogens (tertiary/aromatic N) is 3. The average Bonchev–Trinajstić information content (AvgIpc) is 2.94. The highest BCUT2D eigenvalue weighted by Crippen LogP contribution is 2.35. The number of nitrogens with one attached hydrogen (secondary N) is 1. The van der Waals surface area contributed by atoms with Crippen molar-refractivity contribution in [3.63, 3.8) is 0 Å². The van der Waals surface area contributed by atoms with E-state index in [-0.39, 0.29) is 36.9 Å². The van der Waals surface area contributed by atoms with E-state index in [9.17, 15) is 17.6 Å². The third-order valence-electron chi connectivity index (χ3n) is 4.53. The molecule has 7 nitrogen and oxygen atoms in total. The molecule has 160 valence electrons. The fourth-order valence-electron chi connectivity index (χ4n) is 3.05. The molecule has 0 radical (unpaired) electrons. The number of hydrogen-bond acceptors (Lipinski definition) is 4. The number of aryl methyl sites for hydroxylation is 1. The van der Waals surface area contributed by atoms with Crippen molar-refractivity contribution in [3.8, 4) is 11.1 Å². The van der Waals surface area contributed by atoms with Crippen LogP contribution in [-0.4, -0.2) is 22.6 Å². The number of hydrogen-bond donors (Lipinski definition) is 1. The molecule has 0 saturated carbocycles. The average molecular weight is 502 g/mol. The molecule has 2 aromatic heterocycles. The van der Waals surface area contributed by atoms with Gasteiger partial charge in [0.25, 0.3) is 15.6 Å². The monoisotopic (exact) mass is 500 g/mol. The number of fused-ring (bicyclic) bond motifs is 1. The molecule has 0 unspecified atom stereocenters. The first-order chi connectivity index (χ1) is 14.6. The molecule has 0 aliphatic rings. The minimum absolute atomic E-state index is 0.0651. The van der Waals surface area contributed by atoms with E-state index in [1.54, 1.807) is 18.2 Å². The molecule has 0 fully saturated rings. The van der Waals surface area contributed by atoms with Gasteiger partial charge in [-0.25, -0.2) is 27.0 Å². The second kappa shape index (κ2) is 7.83. The highest BCUT2D eigenvalue weighted by atomic mass is 35.5. The number of benzene rings is 2. The summed E-state index contributed by atoms with van der Waals surface area (Å²) in [6, 6.07) is 7.88. The van der Waals surface area contributed by atoms with Crippen LogP contribution in [0.1, 0.15) is 0 Å². The van der Waals surface area contributed by atoms with E-state index in [0.29, 0.717) is 5.56 Å². The number of sulfonamides is 1. The van der Waals surface area contributed by atoms with Crippen molar-refractivity contribution in [2.45, 2.75) is 4.90 Å².